The number of hydrogen-bond donors (Lipinski definition) is 1. The summed E-state index contributed by atoms with van der Waals surface area (Å²) in [4.78, 5) is 13.9. The number of nitrogens with zero attached hydrogens (tertiary/aromatic N) is 1. The first-order valence-corrected chi connectivity index (χ1v) is 11.1. The quantitative estimate of drug-likeness (QED) is 0.354. The Morgan fingerprint density at radius 1 is 0.862 bits per heavy atom. The van der Waals surface area contributed by atoms with E-state index in [1.807, 2.05) is 0 Å². The van der Waals surface area contributed by atoms with Crippen LogP contribution >= 0.6 is 0 Å². The summed E-state index contributed by atoms with van der Waals surface area (Å²) in [6, 6.07) is 0. The van der Waals surface area contributed by atoms with E-state index in [-0.39, 0.29) is 11.8 Å². The largest absolute Gasteiger partial charge is 0.377 e. The molecule has 29 heavy (non-hydrogen) atoms. The molecule has 8 heteroatoms. The van der Waals surface area contributed by atoms with Gasteiger partial charge in [-0.15, -0.1) is 0 Å². The molecule has 1 N–H and O–H groups in total. The van der Waals surface area contributed by atoms with Crippen molar-refractivity contribution in [1.82, 2.24) is 10.2 Å². The van der Waals surface area contributed by atoms with E-state index in [2.05, 4.69) is 24.2 Å². The van der Waals surface area contributed by atoms with Gasteiger partial charge in [-0.05, 0) is 32.2 Å². The molecule has 0 spiro atoms. The van der Waals surface area contributed by atoms with Crippen LogP contribution in [0.4, 0.5) is 0 Å². The van der Waals surface area contributed by atoms with E-state index < -0.39 is 0 Å². The topological polar surface area (TPSA) is 78.5 Å². The molecule has 1 aliphatic carbocycles. The molecule has 2 unspecified atom stereocenters. The minimum Gasteiger partial charge on any atom is -0.377 e. The number of nitrogens with one attached hydrogen (secondary N) is 1. The molecule has 2 fully saturated rings. The first-order valence-electron chi connectivity index (χ1n) is 11.1. The number of likely N-dealkylation sites (tertiary alicyclic amines) is 1. The fraction of sp³-hybridized carbons (Fsp3) is 0.952. The van der Waals surface area contributed by atoms with Gasteiger partial charge in [0.1, 0.15) is 0 Å². The lowest BCUT2D eigenvalue weighted by Crippen LogP contribution is -2.34. The molecular formula is C21H40N2O6. The molecule has 0 radical (unpaired) electrons. The van der Waals surface area contributed by atoms with Gasteiger partial charge in [-0.25, -0.2) is 0 Å². The van der Waals surface area contributed by atoms with Crippen molar-refractivity contribution in [3.8, 4) is 0 Å². The average Bonchev–Trinajstić information content (AvgIpc) is 3.45. The Bertz CT molecular complexity index is 431. The number of ether oxygens (including phenoxy) is 5. The Morgan fingerprint density at radius 2 is 1.34 bits per heavy atom. The summed E-state index contributed by atoms with van der Waals surface area (Å²) in [6.45, 7) is 9.96. The van der Waals surface area contributed by atoms with Crippen LogP contribution in [-0.2, 0) is 28.5 Å². The SMILES string of the molecule is CC1CC1C(=O)NCCOCCOCCOCCOCCOC1CCN(C)CC1. The molecule has 0 aromatic carbocycles. The van der Waals surface area contributed by atoms with E-state index in [9.17, 15) is 4.79 Å². The van der Waals surface area contributed by atoms with Gasteiger partial charge < -0.3 is 33.9 Å². The second kappa shape index (κ2) is 15.1. The van der Waals surface area contributed by atoms with E-state index >= 15 is 0 Å². The van der Waals surface area contributed by atoms with Gasteiger partial charge in [0.05, 0.1) is 65.6 Å². The minimum absolute atomic E-state index is 0.156. The van der Waals surface area contributed by atoms with Crippen molar-refractivity contribution in [1.29, 1.82) is 0 Å². The number of carbonyl (C=O) groups is 1. The Hall–Kier alpha value is -0.770. The molecule has 1 heterocycles. The van der Waals surface area contributed by atoms with Crippen molar-refractivity contribution in [3.63, 3.8) is 0 Å². The zero-order chi connectivity index (χ0) is 20.7. The Labute approximate surface area is 175 Å². The normalized spacial score (nSPS) is 22.7. The highest BCUT2D eigenvalue weighted by Gasteiger charge is 2.38. The average molecular weight is 417 g/mol. The summed E-state index contributed by atoms with van der Waals surface area (Å²) in [5.74, 6) is 0.922. The van der Waals surface area contributed by atoms with Crippen molar-refractivity contribution in [2.24, 2.45) is 11.8 Å². The third-order valence-electron chi connectivity index (χ3n) is 5.35. The summed E-state index contributed by atoms with van der Waals surface area (Å²) in [6.07, 6.45) is 3.63. The molecule has 2 aliphatic rings. The number of piperidine rings is 1. The lowest BCUT2D eigenvalue weighted by atomic mass is 10.1. The molecule has 2 atom stereocenters. The molecule has 1 amide bonds. The van der Waals surface area contributed by atoms with E-state index in [0.29, 0.717) is 78.0 Å². The van der Waals surface area contributed by atoms with E-state index in [4.69, 9.17) is 23.7 Å². The molecule has 0 aromatic rings. The van der Waals surface area contributed by atoms with Crippen LogP contribution in [0.15, 0.2) is 0 Å². The molecule has 1 saturated carbocycles. The summed E-state index contributed by atoms with van der Waals surface area (Å²) in [5.41, 5.74) is 0. The predicted octanol–water partition coefficient (Wildman–Crippen LogP) is 0.936. The third kappa shape index (κ3) is 11.9. The highest BCUT2D eigenvalue weighted by atomic mass is 16.6. The summed E-state index contributed by atoms with van der Waals surface area (Å²) >= 11 is 0. The van der Waals surface area contributed by atoms with E-state index in [1.165, 1.54) is 0 Å². The smallest absolute Gasteiger partial charge is 0.223 e. The van der Waals surface area contributed by atoms with Crippen LogP contribution in [-0.4, -0.2) is 103 Å². The summed E-state index contributed by atoms with van der Waals surface area (Å²) in [5, 5.41) is 2.89. The number of amides is 1. The van der Waals surface area contributed by atoms with Crippen LogP contribution in [0.5, 0.6) is 0 Å². The summed E-state index contributed by atoms with van der Waals surface area (Å²) < 4.78 is 27.7. The van der Waals surface area contributed by atoms with Crippen LogP contribution in [0.3, 0.4) is 0 Å². The molecule has 8 nitrogen and oxygen atoms in total. The standard InChI is InChI=1S/C21H40N2O6/c1-18-17-20(18)21(24)22-5-8-25-9-10-26-11-12-27-13-14-28-15-16-29-19-3-6-23(2)7-4-19/h18-20H,3-17H2,1-2H3,(H,22,24). The third-order valence-corrected chi connectivity index (χ3v) is 5.35. The second-order valence-electron chi connectivity index (χ2n) is 7.93. The molecular weight excluding hydrogens is 376 g/mol. The van der Waals surface area contributed by atoms with Crippen LogP contribution in [0.1, 0.15) is 26.2 Å². The van der Waals surface area contributed by atoms with Crippen molar-refractivity contribution >= 4 is 5.91 Å². The molecule has 1 aliphatic heterocycles. The molecule has 0 bridgehead atoms. The van der Waals surface area contributed by atoms with Gasteiger partial charge in [0.15, 0.2) is 0 Å². The first-order chi connectivity index (χ1) is 14.2. The fourth-order valence-electron chi connectivity index (χ4n) is 3.25. The van der Waals surface area contributed by atoms with Crippen molar-refractivity contribution < 1.29 is 28.5 Å². The second-order valence-corrected chi connectivity index (χ2v) is 7.93. The molecule has 2 rings (SSSR count). The predicted molar refractivity (Wildman–Crippen MR) is 110 cm³/mol. The van der Waals surface area contributed by atoms with Gasteiger partial charge in [0, 0.05) is 25.6 Å². The van der Waals surface area contributed by atoms with E-state index in [1.54, 1.807) is 0 Å². The summed E-state index contributed by atoms with van der Waals surface area (Å²) in [7, 11) is 2.15. The first kappa shape index (κ1) is 24.5. The zero-order valence-electron chi connectivity index (χ0n) is 18.2. The highest BCUT2D eigenvalue weighted by molar-refractivity contribution is 5.81. The van der Waals surface area contributed by atoms with Crippen molar-refractivity contribution in [2.75, 3.05) is 86.1 Å². The number of rotatable bonds is 17. The van der Waals surface area contributed by atoms with E-state index in [0.717, 1.165) is 32.4 Å². The molecule has 0 aromatic heterocycles. The minimum atomic E-state index is 0.156. The molecule has 1 saturated heterocycles. The lowest BCUT2D eigenvalue weighted by molar-refractivity contribution is -0.122. The van der Waals surface area contributed by atoms with Crippen LogP contribution in [0, 0.1) is 11.8 Å². The van der Waals surface area contributed by atoms with Gasteiger partial charge in [-0.2, -0.15) is 0 Å². The van der Waals surface area contributed by atoms with Gasteiger partial charge in [-0.3, -0.25) is 4.79 Å². The lowest BCUT2D eigenvalue weighted by Gasteiger charge is -2.28. The monoisotopic (exact) mass is 416 g/mol. The van der Waals surface area contributed by atoms with Crippen LogP contribution < -0.4 is 5.32 Å². The maximum absolute atomic E-state index is 11.6. The number of carbonyl (C=O) groups excluding carboxylic acids is 1. The highest BCUT2D eigenvalue weighted by Crippen LogP contribution is 2.37. The van der Waals surface area contributed by atoms with Crippen LogP contribution in [0.25, 0.3) is 0 Å². The molecule has 170 valence electrons. The number of hydrogen-bond acceptors (Lipinski definition) is 7. The Balaban J connectivity index is 1.21. The van der Waals surface area contributed by atoms with Crippen LogP contribution in [0.2, 0.25) is 0 Å². The van der Waals surface area contributed by atoms with Gasteiger partial charge >= 0.3 is 0 Å². The van der Waals surface area contributed by atoms with Gasteiger partial charge in [-0.1, -0.05) is 6.92 Å². The fourth-order valence-corrected chi connectivity index (χ4v) is 3.25. The zero-order valence-corrected chi connectivity index (χ0v) is 18.2. The van der Waals surface area contributed by atoms with Crippen molar-refractivity contribution in [2.45, 2.75) is 32.3 Å². The Morgan fingerprint density at radius 3 is 1.86 bits per heavy atom. The maximum Gasteiger partial charge on any atom is 0.223 e. The van der Waals surface area contributed by atoms with Crippen molar-refractivity contribution in [3.05, 3.63) is 0 Å². The maximum atomic E-state index is 11.6. The Kier molecular flexibility index (Phi) is 12.8. The van der Waals surface area contributed by atoms with Gasteiger partial charge in [0.2, 0.25) is 5.91 Å². The van der Waals surface area contributed by atoms with Gasteiger partial charge in [0.25, 0.3) is 0 Å².